The largest absolute Gasteiger partial charge is 0.310 e. The van der Waals surface area contributed by atoms with Crippen LogP contribution in [0.25, 0.3) is 0 Å². The molecule has 1 aliphatic heterocycles. The average Bonchev–Trinajstić information content (AvgIpc) is 3.25. The highest BCUT2D eigenvalue weighted by Gasteiger charge is 2.70. The molecule has 4 saturated carbocycles. The zero-order chi connectivity index (χ0) is 28.8. The lowest BCUT2D eigenvalue weighted by molar-refractivity contribution is -0.220. The standard InChI is InChI=1S/C35H58N2O2S/c1-25(2)26-11-16-35(36-19-20-37-21-23-40(38,39)24-22-37)18-17-33(6)27(30(26)35)9-10-29-32(5)14-8-13-31(3,4)28(32)12-15-34(29,33)7/h8,13,26-30,36H,1,9-12,14-24H2,2-7H3/t26-,27+,28+,29+,30+,32+,33+,34+,35-/m0/s1. The summed E-state index contributed by atoms with van der Waals surface area (Å²) in [6.45, 7) is 23.4. The van der Waals surface area contributed by atoms with Crippen molar-refractivity contribution in [2.45, 2.75) is 105 Å². The fourth-order valence-electron chi connectivity index (χ4n) is 12.5. The van der Waals surface area contributed by atoms with E-state index in [1.54, 1.807) is 0 Å². The first-order chi connectivity index (χ1) is 18.7. The average molecular weight is 571 g/mol. The van der Waals surface area contributed by atoms with Crippen LogP contribution >= 0.6 is 0 Å². The van der Waals surface area contributed by atoms with Gasteiger partial charge in [-0.1, -0.05) is 58.9 Å². The Morgan fingerprint density at radius 2 is 1.65 bits per heavy atom. The van der Waals surface area contributed by atoms with Crippen molar-refractivity contribution in [2.24, 2.45) is 51.2 Å². The fraction of sp³-hybridized carbons (Fsp3) is 0.886. The molecule has 40 heavy (non-hydrogen) atoms. The third-order valence-electron chi connectivity index (χ3n) is 14.7. The molecule has 9 atom stereocenters. The van der Waals surface area contributed by atoms with Gasteiger partial charge >= 0.3 is 0 Å². The maximum absolute atomic E-state index is 11.9. The van der Waals surface area contributed by atoms with Crippen molar-refractivity contribution >= 4 is 9.84 Å². The molecule has 6 aliphatic rings. The highest BCUT2D eigenvalue weighted by molar-refractivity contribution is 7.91. The summed E-state index contributed by atoms with van der Waals surface area (Å²) < 4.78 is 23.9. The van der Waals surface area contributed by atoms with Gasteiger partial charge in [0.25, 0.3) is 0 Å². The van der Waals surface area contributed by atoms with Crippen LogP contribution in [0.2, 0.25) is 0 Å². The van der Waals surface area contributed by atoms with Crippen LogP contribution in [0.5, 0.6) is 0 Å². The van der Waals surface area contributed by atoms with Gasteiger partial charge in [-0.05, 0) is 116 Å². The van der Waals surface area contributed by atoms with E-state index in [-0.39, 0.29) is 5.54 Å². The maximum Gasteiger partial charge on any atom is 0.152 e. The summed E-state index contributed by atoms with van der Waals surface area (Å²) in [7, 11) is -2.82. The number of hydrogen-bond donors (Lipinski definition) is 1. The number of hydrogen-bond acceptors (Lipinski definition) is 4. The van der Waals surface area contributed by atoms with Crippen molar-refractivity contribution in [3.8, 4) is 0 Å². The number of fused-ring (bicyclic) bond motifs is 7. The summed E-state index contributed by atoms with van der Waals surface area (Å²) in [5, 5.41) is 4.21. The second-order valence-electron chi connectivity index (χ2n) is 16.7. The van der Waals surface area contributed by atoms with Crippen LogP contribution in [0, 0.1) is 51.2 Å². The highest BCUT2D eigenvalue weighted by Crippen LogP contribution is 2.75. The van der Waals surface area contributed by atoms with Crippen LogP contribution in [-0.4, -0.2) is 56.5 Å². The van der Waals surface area contributed by atoms with E-state index in [2.05, 4.69) is 70.5 Å². The van der Waals surface area contributed by atoms with Crippen molar-refractivity contribution in [1.82, 2.24) is 10.2 Å². The van der Waals surface area contributed by atoms with E-state index in [0.717, 1.165) is 30.8 Å². The van der Waals surface area contributed by atoms with Gasteiger partial charge < -0.3 is 10.2 Å². The minimum absolute atomic E-state index is 0.218. The van der Waals surface area contributed by atoms with Gasteiger partial charge in [-0.2, -0.15) is 0 Å². The molecule has 0 radical (unpaired) electrons. The Kier molecular flexibility index (Phi) is 7.12. The summed E-state index contributed by atoms with van der Waals surface area (Å²) in [5.74, 6) is 4.32. The topological polar surface area (TPSA) is 49.4 Å². The van der Waals surface area contributed by atoms with E-state index < -0.39 is 9.84 Å². The Morgan fingerprint density at radius 3 is 2.35 bits per heavy atom. The smallest absolute Gasteiger partial charge is 0.152 e. The monoisotopic (exact) mass is 570 g/mol. The fourth-order valence-corrected chi connectivity index (χ4v) is 13.8. The number of rotatable bonds is 5. The van der Waals surface area contributed by atoms with Gasteiger partial charge in [0, 0.05) is 31.7 Å². The lowest BCUT2D eigenvalue weighted by atomic mass is 9.33. The predicted octanol–water partition coefficient (Wildman–Crippen LogP) is 6.88. The van der Waals surface area contributed by atoms with E-state index in [9.17, 15) is 8.42 Å². The Labute approximate surface area is 246 Å². The first-order valence-electron chi connectivity index (χ1n) is 16.7. The Bertz CT molecular complexity index is 1150. The van der Waals surface area contributed by atoms with Crippen LogP contribution in [-0.2, 0) is 9.84 Å². The molecular weight excluding hydrogens is 512 g/mol. The molecule has 0 unspecified atom stereocenters. The van der Waals surface area contributed by atoms with E-state index >= 15 is 0 Å². The molecule has 0 aromatic heterocycles. The molecule has 6 rings (SSSR count). The minimum Gasteiger partial charge on any atom is -0.310 e. The van der Waals surface area contributed by atoms with E-state index in [1.807, 2.05) is 0 Å². The van der Waals surface area contributed by atoms with Crippen molar-refractivity contribution in [3.05, 3.63) is 24.3 Å². The predicted molar refractivity (Wildman–Crippen MR) is 167 cm³/mol. The molecular formula is C35H58N2O2S. The lowest BCUT2D eigenvalue weighted by Gasteiger charge is -2.72. The Balaban J connectivity index is 1.26. The van der Waals surface area contributed by atoms with Gasteiger partial charge in [-0.15, -0.1) is 0 Å². The lowest BCUT2D eigenvalue weighted by Crippen LogP contribution is -2.68. The molecule has 0 spiro atoms. The minimum atomic E-state index is -2.82. The molecule has 5 fully saturated rings. The first-order valence-corrected chi connectivity index (χ1v) is 18.5. The molecule has 1 saturated heterocycles. The molecule has 5 aliphatic carbocycles. The number of nitrogens with zero attached hydrogens (tertiary/aromatic N) is 1. The third-order valence-corrected chi connectivity index (χ3v) is 16.3. The number of sulfone groups is 1. The molecule has 1 heterocycles. The second-order valence-corrected chi connectivity index (χ2v) is 19.0. The Morgan fingerprint density at radius 1 is 0.925 bits per heavy atom. The molecule has 1 N–H and O–H groups in total. The molecule has 4 nitrogen and oxygen atoms in total. The van der Waals surface area contributed by atoms with Gasteiger partial charge in [0.1, 0.15) is 0 Å². The summed E-state index contributed by atoms with van der Waals surface area (Å²) in [6.07, 6.45) is 17.1. The van der Waals surface area contributed by atoms with Crippen LogP contribution in [0.1, 0.15) is 99.3 Å². The first kappa shape index (κ1) is 29.4. The summed E-state index contributed by atoms with van der Waals surface area (Å²) in [6, 6.07) is 0. The summed E-state index contributed by atoms with van der Waals surface area (Å²) >= 11 is 0. The summed E-state index contributed by atoms with van der Waals surface area (Å²) in [4.78, 5) is 2.36. The molecule has 5 heteroatoms. The van der Waals surface area contributed by atoms with E-state index in [1.165, 1.54) is 63.4 Å². The zero-order valence-electron chi connectivity index (χ0n) is 26.5. The van der Waals surface area contributed by atoms with Gasteiger partial charge in [-0.25, -0.2) is 8.42 Å². The van der Waals surface area contributed by atoms with Crippen LogP contribution < -0.4 is 5.32 Å². The van der Waals surface area contributed by atoms with E-state index in [0.29, 0.717) is 58.1 Å². The summed E-state index contributed by atoms with van der Waals surface area (Å²) in [5.41, 5.74) is 3.13. The van der Waals surface area contributed by atoms with Gasteiger partial charge in [0.05, 0.1) is 11.5 Å². The quantitative estimate of drug-likeness (QED) is 0.366. The second kappa shape index (κ2) is 9.68. The molecule has 0 aromatic rings. The Hall–Kier alpha value is -0.650. The van der Waals surface area contributed by atoms with Crippen molar-refractivity contribution in [1.29, 1.82) is 0 Å². The molecule has 226 valence electrons. The van der Waals surface area contributed by atoms with Crippen LogP contribution in [0.3, 0.4) is 0 Å². The van der Waals surface area contributed by atoms with E-state index in [4.69, 9.17) is 0 Å². The number of allylic oxidation sites excluding steroid dienone is 3. The van der Waals surface area contributed by atoms with Gasteiger partial charge in [-0.3, -0.25) is 0 Å². The molecule has 0 amide bonds. The van der Waals surface area contributed by atoms with Crippen molar-refractivity contribution < 1.29 is 8.42 Å². The van der Waals surface area contributed by atoms with Crippen molar-refractivity contribution in [2.75, 3.05) is 37.7 Å². The zero-order valence-corrected chi connectivity index (χ0v) is 27.3. The van der Waals surface area contributed by atoms with Crippen LogP contribution in [0.4, 0.5) is 0 Å². The van der Waals surface area contributed by atoms with Gasteiger partial charge in [0.15, 0.2) is 9.84 Å². The number of nitrogens with one attached hydrogen (secondary N) is 1. The molecule has 0 aromatic carbocycles. The van der Waals surface area contributed by atoms with Crippen LogP contribution in [0.15, 0.2) is 24.3 Å². The molecule has 0 bridgehead atoms. The third kappa shape index (κ3) is 4.28. The maximum atomic E-state index is 11.9. The highest BCUT2D eigenvalue weighted by atomic mass is 32.2. The van der Waals surface area contributed by atoms with Gasteiger partial charge in [0.2, 0.25) is 0 Å². The SMILES string of the molecule is C=C(C)[C@@H]1CC[C@]2(NCCN3CCS(=O)(=O)CC3)CC[C@]3(C)[C@H](CC[C@@H]4[C@]5(C)CC=CC(C)(C)[C@H]5CC[C@]43C)[C@@H]12. The normalized spacial score (nSPS) is 49.4. The van der Waals surface area contributed by atoms with Crippen molar-refractivity contribution in [3.63, 3.8) is 0 Å².